The number of sulfone groups is 2. The van der Waals surface area contributed by atoms with Crippen LogP contribution in [-0.4, -0.2) is 56.9 Å². The van der Waals surface area contributed by atoms with Crippen LogP contribution in [-0.2, 0) is 19.7 Å². The van der Waals surface area contributed by atoms with Crippen LogP contribution in [0.2, 0.25) is 0 Å². The van der Waals surface area contributed by atoms with Crippen molar-refractivity contribution in [2.75, 3.05) is 0 Å². The molecule has 8 rings (SSSR count). The highest BCUT2D eigenvalue weighted by atomic mass is 32.2. The van der Waals surface area contributed by atoms with Gasteiger partial charge in [-0.3, -0.25) is 0 Å². The highest BCUT2D eigenvalue weighted by molar-refractivity contribution is 7.92. The zero-order valence-corrected chi connectivity index (χ0v) is 25.6. The maximum Gasteiger partial charge on any atom is 0.267 e. The van der Waals surface area contributed by atoms with Gasteiger partial charge < -0.3 is 0 Å². The molecule has 0 amide bonds. The number of hydrogen-bond acceptors (Lipinski definition) is 10. The predicted molar refractivity (Wildman–Crippen MR) is 156 cm³/mol. The maximum absolute atomic E-state index is 14.2. The van der Waals surface area contributed by atoms with Crippen LogP contribution in [0.3, 0.4) is 0 Å². The number of rotatable bonds is 6. The Morgan fingerprint density at radius 2 is 1.00 bits per heavy atom. The van der Waals surface area contributed by atoms with Crippen molar-refractivity contribution in [3.05, 3.63) is 83.4 Å². The fraction of sp³-hybridized carbons (Fsp3) is 0.400. The normalized spacial score (nSPS) is 29.0. The lowest BCUT2D eigenvalue weighted by Gasteiger charge is -2.11. The SMILES string of the molecule is N#C[C@@H]1C[C@@H]1S(=O)(=O)c1nc2n(n1)[C@H](c1ccccc1)C[C@@H]2F.N#C[C@H]1CC1S(=O)(=O)c1nc2n(n1)[C@H](c1ccccc1)C[C@@H]2F. The van der Waals surface area contributed by atoms with Crippen molar-refractivity contribution < 1.29 is 25.6 Å². The largest absolute Gasteiger partial charge is 0.267 e. The Labute approximate surface area is 263 Å². The summed E-state index contributed by atoms with van der Waals surface area (Å²) in [6, 6.07) is 21.7. The van der Waals surface area contributed by atoms with E-state index in [4.69, 9.17) is 10.5 Å². The molecule has 4 aliphatic rings. The zero-order chi connectivity index (χ0) is 32.4. The minimum absolute atomic E-state index is 0.0478. The molecule has 16 heteroatoms. The van der Waals surface area contributed by atoms with E-state index < -0.39 is 54.4 Å². The van der Waals surface area contributed by atoms with E-state index in [2.05, 4.69) is 20.2 Å². The number of aromatic nitrogens is 6. The molecule has 12 nitrogen and oxygen atoms in total. The van der Waals surface area contributed by atoms with Crippen molar-refractivity contribution in [1.82, 2.24) is 29.5 Å². The molecular weight excluding hydrogens is 639 g/mol. The molecule has 2 saturated carbocycles. The first-order chi connectivity index (χ1) is 22.0. The van der Waals surface area contributed by atoms with E-state index in [1.807, 2.05) is 72.8 Å². The molecule has 0 radical (unpaired) electrons. The third kappa shape index (κ3) is 5.05. The lowest BCUT2D eigenvalue weighted by Crippen LogP contribution is -2.13. The summed E-state index contributed by atoms with van der Waals surface area (Å²) in [7, 11) is -7.53. The zero-order valence-electron chi connectivity index (χ0n) is 24.0. The van der Waals surface area contributed by atoms with E-state index in [9.17, 15) is 25.6 Å². The Morgan fingerprint density at radius 1 is 0.630 bits per heavy atom. The highest BCUT2D eigenvalue weighted by Gasteiger charge is 2.52. The van der Waals surface area contributed by atoms with Crippen LogP contribution >= 0.6 is 0 Å². The van der Waals surface area contributed by atoms with Gasteiger partial charge in [0.05, 0.1) is 46.6 Å². The van der Waals surface area contributed by atoms with Crippen LogP contribution in [0.5, 0.6) is 0 Å². The molecule has 46 heavy (non-hydrogen) atoms. The van der Waals surface area contributed by atoms with E-state index in [0.29, 0.717) is 12.8 Å². The molecule has 0 bridgehead atoms. The molecule has 2 fully saturated rings. The Morgan fingerprint density at radius 3 is 1.33 bits per heavy atom. The van der Waals surface area contributed by atoms with Crippen molar-refractivity contribution in [3.8, 4) is 12.1 Å². The van der Waals surface area contributed by atoms with Crippen molar-refractivity contribution in [3.63, 3.8) is 0 Å². The quantitative estimate of drug-likeness (QED) is 0.293. The molecule has 2 aliphatic carbocycles. The number of fused-ring (bicyclic) bond motifs is 2. The third-order valence-corrected chi connectivity index (χ3v) is 12.8. The molecule has 0 spiro atoms. The van der Waals surface area contributed by atoms with Gasteiger partial charge in [0.2, 0.25) is 19.7 Å². The molecule has 4 aromatic rings. The molecule has 0 saturated heterocycles. The average Bonchev–Trinajstić information content (AvgIpc) is 3.86. The minimum Gasteiger partial charge on any atom is -0.239 e. The van der Waals surface area contributed by atoms with Crippen molar-refractivity contribution >= 4 is 19.7 Å². The van der Waals surface area contributed by atoms with Crippen LogP contribution in [0.1, 0.15) is 72.9 Å². The first-order valence-electron chi connectivity index (χ1n) is 14.6. The number of hydrogen-bond donors (Lipinski definition) is 0. The minimum atomic E-state index is -3.77. The van der Waals surface area contributed by atoms with Gasteiger partial charge in [0.1, 0.15) is 0 Å². The number of nitrogens with zero attached hydrogens (tertiary/aromatic N) is 8. The lowest BCUT2D eigenvalue weighted by atomic mass is 10.0. The monoisotopic (exact) mass is 664 g/mol. The molecule has 236 valence electrons. The number of nitriles is 2. The molecule has 2 aliphatic heterocycles. The number of benzene rings is 2. The van der Waals surface area contributed by atoms with Crippen molar-refractivity contribution in [1.29, 1.82) is 10.5 Å². The molecule has 2 aromatic carbocycles. The van der Waals surface area contributed by atoms with Gasteiger partial charge in [-0.05, 0) is 24.0 Å². The topological polar surface area (TPSA) is 177 Å². The second-order valence-electron chi connectivity index (χ2n) is 11.8. The number of alkyl halides is 2. The second kappa shape index (κ2) is 11.1. The predicted octanol–water partition coefficient (Wildman–Crippen LogP) is 3.94. The maximum atomic E-state index is 14.2. The summed E-state index contributed by atoms with van der Waals surface area (Å²) in [5.74, 6) is -0.924. The Balaban J connectivity index is 0.000000147. The summed E-state index contributed by atoms with van der Waals surface area (Å²) in [6.45, 7) is 0. The second-order valence-corrected chi connectivity index (χ2v) is 15.9. The average molecular weight is 665 g/mol. The van der Waals surface area contributed by atoms with Crippen LogP contribution in [0.25, 0.3) is 0 Å². The van der Waals surface area contributed by atoms with Gasteiger partial charge in [-0.1, -0.05) is 60.7 Å². The number of halogens is 2. The molecule has 0 N–H and O–H groups in total. The summed E-state index contributed by atoms with van der Waals surface area (Å²) in [5, 5.41) is 23.5. The summed E-state index contributed by atoms with van der Waals surface area (Å²) < 4.78 is 80.9. The Hall–Kier alpha value is -4.54. The first-order valence-corrected chi connectivity index (χ1v) is 17.7. The van der Waals surface area contributed by atoms with Crippen LogP contribution in [0.4, 0.5) is 8.78 Å². The lowest BCUT2D eigenvalue weighted by molar-refractivity contribution is 0.326. The molecule has 4 heterocycles. The fourth-order valence-electron chi connectivity index (χ4n) is 6.04. The molecular formula is C30H26F2N8O4S2. The van der Waals surface area contributed by atoms with Gasteiger partial charge in [0.15, 0.2) is 24.0 Å². The first kappa shape index (κ1) is 30.1. The van der Waals surface area contributed by atoms with Gasteiger partial charge in [0.25, 0.3) is 10.3 Å². The standard InChI is InChI=1S/2C15H13FN4O2S/c2*16-11-7-12(9-4-2-1-3-5-9)20-14(11)18-15(19-20)23(21,22)13-6-10(13)8-17/h2*1-5,10-13H,6-7H2/t10-,11+,12+,13?;10-,11-,12-,13-/m10/s1. The van der Waals surface area contributed by atoms with Gasteiger partial charge in [-0.25, -0.2) is 35.0 Å². The Kier molecular flexibility index (Phi) is 7.25. The summed E-state index contributed by atoms with van der Waals surface area (Å²) in [4.78, 5) is 7.86. The van der Waals surface area contributed by atoms with E-state index in [1.54, 1.807) is 0 Å². The smallest absolute Gasteiger partial charge is 0.239 e. The van der Waals surface area contributed by atoms with Gasteiger partial charge in [-0.15, -0.1) is 10.2 Å². The molecule has 2 aromatic heterocycles. The Bertz CT molecular complexity index is 1960. The summed E-state index contributed by atoms with van der Waals surface area (Å²) in [5.41, 5.74) is 1.73. The van der Waals surface area contributed by atoms with Gasteiger partial charge in [0, 0.05) is 12.8 Å². The fourth-order valence-corrected chi connectivity index (χ4v) is 9.33. The van der Waals surface area contributed by atoms with E-state index in [0.717, 1.165) is 11.1 Å². The highest BCUT2D eigenvalue weighted by Crippen LogP contribution is 2.44. The van der Waals surface area contributed by atoms with Crippen LogP contribution in [0.15, 0.2) is 71.0 Å². The van der Waals surface area contributed by atoms with Gasteiger partial charge >= 0.3 is 0 Å². The summed E-state index contributed by atoms with van der Waals surface area (Å²) in [6.07, 6.45) is -1.70. The third-order valence-electron chi connectivity index (χ3n) is 8.76. The van der Waals surface area contributed by atoms with E-state index >= 15 is 0 Å². The molecule has 8 atom stereocenters. The van der Waals surface area contributed by atoms with E-state index in [-0.39, 0.29) is 46.9 Å². The molecule has 1 unspecified atom stereocenters. The summed E-state index contributed by atoms with van der Waals surface area (Å²) >= 11 is 0. The van der Waals surface area contributed by atoms with Crippen molar-refractivity contribution in [2.24, 2.45) is 11.8 Å². The van der Waals surface area contributed by atoms with Crippen LogP contribution in [0, 0.1) is 34.5 Å². The van der Waals surface area contributed by atoms with Crippen molar-refractivity contribution in [2.45, 2.75) is 70.9 Å². The van der Waals surface area contributed by atoms with Gasteiger partial charge in [-0.2, -0.15) is 20.5 Å². The van der Waals surface area contributed by atoms with E-state index in [1.165, 1.54) is 9.36 Å². The van der Waals surface area contributed by atoms with Crippen LogP contribution < -0.4 is 0 Å².